The molecule has 0 aliphatic rings. The highest BCUT2D eigenvalue weighted by molar-refractivity contribution is 9.10. The Morgan fingerprint density at radius 2 is 1.15 bits per heavy atom. The quantitative estimate of drug-likeness (QED) is 0.0936. The van der Waals surface area contributed by atoms with E-state index in [-0.39, 0.29) is 54.3 Å². The number of anilines is 2. The summed E-state index contributed by atoms with van der Waals surface area (Å²) in [6.45, 7) is 0. The second-order valence-electron chi connectivity index (χ2n) is 15.0. The van der Waals surface area contributed by atoms with E-state index in [9.17, 15) is 30.8 Å². The largest absolute Gasteiger partial charge is 0.569 e. The van der Waals surface area contributed by atoms with Gasteiger partial charge in [-0.25, -0.2) is 25.6 Å². The lowest BCUT2D eigenvalue weighted by molar-refractivity contribution is 0.411. The van der Waals surface area contributed by atoms with Crippen molar-refractivity contribution in [3.63, 3.8) is 0 Å². The van der Waals surface area contributed by atoms with Crippen LogP contribution in [0.3, 0.4) is 0 Å². The number of methoxy groups -OCH3 is 2. The van der Waals surface area contributed by atoms with Gasteiger partial charge in [0.15, 0.2) is 11.6 Å². The van der Waals surface area contributed by atoms with Crippen LogP contribution in [-0.4, -0.2) is 73.2 Å². The van der Waals surface area contributed by atoms with Crippen LogP contribution in [0.5, 0.6) is 17.2 Å². The van der Waals surface area contributed by atoms with E-state index in [0.29, 0.717) is 40.8 Å². The fourth-order valence-electron chi connectivity index (χ4n) is 7.16. The minimum absolute atomic E-state index is 0.0315. The maximum Gasteiger partial charge on any atom is 0.569 e. The first-order chi connectivity index (χ1) is 35.6. The van der Waals surface area contributed by atoms with Gasteiger partial charge in [-0.3, -0.25) is 38.1 Å². The second-order valence-corrected chi connectivity index (χ2v) is 19.3. The predicted molar refractivity (Wildman–Crippen MR) is 271 cm³/mol. The van der Waals surface area contributed by atoms with Gasteiger partial charge >= 0.3 is 7.69 Å². The summed E-state index contributed by atoms with van der Waals surface area (Å²) in [5, 5.41) is 16.1. The van der Waals surface area contributed by atoms with Crippen LogP contribution in [0.4, 0.5) is 20.4 Å². The standard InChI is InChI=1S/C24H17FN4O5S.C19H13BrFN3O5S.C5H5BNO2/c1-33-22-12-18(16-3-2-9-26-14-16)19(25)13-21(22)29-20-6-5-17(11-15(20)4-7-24(29)30)35(31,32)28-23-8-10-34-27-23;1-28-17-9-13(20)14(21)10-16(17)24-15-4-3-12(8-11(15)2-5-19(24)25)30(26,27)23-18-6-7-29-22-18;8-6-9-5-2-1-3-7-4-5/h2-14H,1H3,(H,27,28);2-10H,1H3,(H,22,23);1-4,8H. The lowest BCUT2D eigenvalue weighted by Gasteiger charge is -2.16. The Kier molecular flexibility index (Phi) is 15.6. The number of nitrogens with one attached hydrogen (secondary N) is 2. The number of pyridine rings is 4. The van der Waals surface area contributed by atoms with Crippen LogP contribution in [0.25, 0.3) is 44.3 Å². The Morgan fingerprint density at radius 3 is 1.61 bits per heavy atom. The molecule has 0 fully saturated rings. The van der Waals surface area contributed by atoms with Crippen LogP contribution in [0.1, 0.15) is 0 Å². The molecule has 0 atom stereocenters. The predicted octanol–water partition coefficient (Wildman–Crippen LogP) is 7.67. The maximum atomic E-state index is 15.2. The first kappa shape index (κ1) is 51.6. The Hall–Kier alpha value is -8.72. The molecule has 26 heteroatoms. The van der Waals surface area contributed by atoms with Crippen molar-refractivity contribution in [1.82, 2.24) is 29.4 Å². The first-order valence-corrected chi connectivity index (χ1v) is 24.9. The topological polar surface area (TPSA) is 262 Å². The molecule has 6 heterocycles. The zero-order chi connectivity index (χ0) is 52.6. The van der Waals surface area contributed by atoms with Gasteiger partial charge in [0.1, 0.15) is 41.4 Å². The molecule has 0 aliphatic carbocycles. The molecule has 74 heavy (non-hydrogen) atoms. The highest BCUT2D eigenvalue weighted by Crippen LogP contribution is 2.34. The molecule has 4 aromatic carbocycles. The van der Waals surface area contributed by atoms with Crippen molar-refractivity contribution < 1.29 is 53.8 Å². The summed E-state index contributed by atoms with van der Waals surface area (Å²) in [7, 11) is -4.47. The number of hydrogen-bond donors (Lipinski definition) is 3. The van der Waals surface area contributed by atoms with E-state index in [1.807, 2.05) is 0 Å². The zero-order valence-corrected chi connectivity index (χ0v) is 41.4. The molecular formula is C48H35BBrF2N8O12S2. The minimum atomic E-state index is -3.97. The number of sulfonamides is 2. The molecule has 6 aromatic heterocycles. The number of nitrogens with zero attached hydrogens (tertiary/aromatic N) is 6. The molecule has 1 radical (unpaired) electrons. The minimum Gasteiger partial charge on any atom is -0.536 e. The van der Waals surface area contributed by atoms with E-state index in [4.69, 9.17) is 14.5 Å². The third kappa shape index (κ3) is 11.5. The molecular weight excluding hydrogens is 1070 g/mol. The van der Waals surface area contributed by atoms with Crippen molar-refractivity contribution in [1.29, 1.82) is 0 Å². The molecule has 0 amide bonds. The van der Waals surface area contributed by atoms with E-state index in [2.05, 4.69) is 59.4 Å². The third-order valence-electron chi connectivity index (χ3n) is 10.5. The van der Waals surface area contributed by atoms with Crippen molar-refractivity contribution in [3.8, 4) is 39.8 Å². The van der Waals surface area contributed by atoms with Gasteiger partial charge in [-0.15, -0.1) is 0 Å². The summed E-state index contributed by atoms with van der Waals surface area (Å²) in [6, 6.07) is 28.8. The van der Waals surface area contributed by atoms with Crippen LogP contribution in [0, 0.1) is 11.6 Å². The molecule has 20 nitrogen and oxygen atoms in total. The fourth-order valence-corrected chi connectivity index (χ4v) is 9.54. The number of rotatable bonds is 13. The smallest absolute Gasteiger partial charge is 0.536 e. The van der Waals surface area contributed by atoms with Crippen LogP contribution >= 0.6 is 15.9 Å². The third-order valence-corrected chi connectivity index (χ3v) is 13.8. The maximum absolute atomic E-state index is 15.2. The van der Waals surface area contributed by atoms with Crippen molar-refractivity contribution in [2.45, 2.75) is 9.79 Å². The van der Waals surface area contributed by atoms with Crippen molar-refractivity contribution in [2.75, 3.05) is 23.7 Å². The van der Waals surface area contributed by atoms with Gasteiger partial charge in [0.25, 0.3) is 31.2 Å². The molecule has 0 unspecified atom stereocenters. The molecule has 0 saturated heterocycles. The van der Waals surface area contributed by atoms with Gasteiger partial charge in [0, 0.05) is 76.9 Å². The molecule has 0 bridgehead atoms. The van der Waals surface area contributed by atoms with E-state index >= 15 is 4.39 Å². The number of ether oxygens (including phenoxy) is 2. The van der Waals surface area contributed by atoms with Gasteiger partial charge < -0.3 is 28.2 Å². The van der Waals surface area contributed by atoms with Gasteiger partial charge in [-0.2, -0.15) is 0 Å². The molecule has 375 valence electrons. The van der Waals surface area contributed by atoms with Gasteiger partial charge in [0.05, 0.1) is 57.1 Å². The zero-order valence-electron chi connectivity index (χ0n) is 38.2. The summed E-state index contributed by atoms with van der Waals surface area (Å²) < 4.78 is 112. The SMILES string of the molecule is COc1cc(-c2cccnc2)c(F)cc1-n1c(=O)ccc2cc(S(=O)(=O)Nc3ccon3)ccc21.COc1cc(Br)c(F)cc1-n1c(=O)ccc2cc(S(=O)(=O)Nc3ccon3)ccc21.O[B]Oc1cccnc1. The van der Waals surface area contributed by atoms with Gasteiger partial charge in [-0.1, -0.05) is 16.4 Å². The lowest BCUT2D eigenvalue weighted by atomic mass is 10.1. The Labute approximate surface area is 427 Å². The van der Waals surface area contributed by atoms with Crippen molar-refractivity contribution in [3.05, 3.63) is 195 Å². The lowest BCUT2D eigenvalue weighted by Crippen LogP contribution is -2.19. The highest BCUT2D eigenvalue weighted by Gasteiger charge is 2.22. The summed E-state index contributed by atoms with van der Waals surface area (Å²) >= 11 is 3.09. The van der Waals surface area contributed by atoms with E-state index < -0.39 is 42.8 Å². The number of benzene rings is 4. The number of fused-ring (bicyclic) bond motifs is 2. The van der Waals surface area contributed by atoms with Crippen molar-refractivity contribution in [2.24, 2.45) is 0 Å². The van der Waals surface area contributed by atoms with Gasteiger partial charge in [0.2, 0.25) is 0 Å². The van der Waals surface area contributed by atoms with Gasteiger partial charge in [-0.05, 0) is 94.8 Å². The fraction of sp³-hybridized carbons (Fsp3) is 0.0417. The molecule has 10 aromatic rings. The Balaban J connectivity index is 0.000000170. The Bertz CT molecular complexity index is 3980. The summed E-state index contributed by atoms with van der Waals surface area (Å²) in [5.41, 5.74) is 1.04. The first-order valence-electron chi connectivity index (χ1n) is 21.1. The van der Waals surface area contributed by atoms with Crippen molar-refractivity contribution >= 4 is 77.1 Å². The van der Waals surface area contributed by atoms with Crippen LogP contribution < -0.4 is 34.7 Å². The van der Waals surface area contributed by atoms with Crippen LogP contribution in [0.15, 0.2) is 192 Å². The highest BCUT2D eigenvalue weighted by atomic mass is 79.9. The molecule has 10 rings (SSSR count). The monoisotopic (exact) mass is 1110 g/mol. The number of halogens is 3. The summed E-state index contributed by atoms with van der Waals surface area (Å²) in [6.07, 6.45) is 8.72. The molecule has 3 N–H and O–H groups in total. The summed E-state index contributed by atoms with van der Waals surface area (Å²) in [4.78, 5) is 33.2. The van der Waals surface area contributed by atoms with Crippen LogP contribution in [-0.2, 0) is 20.0 Å². The number of aromatic nitrogens is 6. The van der Waals surface area contributed by atoms with E-state index in [1.54, 1.807) is 36.7 Å². The number of hydrogen-bond acceptors (Lipinski definition) is 16. The summed E-state index contributed by atoms with van der Waals surface area (Å²) in [5.74, 6) is -0.0370. The molecule has 0 spiro atoms. The second kappa shape index (κ2) is 22.4. The molecule has 0 saturated carbocycles. The molecule has 0 aliphatic heterocycles. The average molecular weight is 1110 g/mol. The Morgan fingerprint density at radius 1 is 0.635 bits per heavy atom. The normalized spacial score (nSPS) is 11.2. The van der Waals surface area contributed by atoms with E-state index in [0.717, 1.165) is 0 Å². The van der Waals surface area contributed by atoms with E-state index in [1.165, 1.54) is 145 Å². The average Bonchev–Trinajstić information content (AvgIpc) is 4.12. The van der Waals surface area contributed by atoms with Crippen LogP contribution in [0.2, 0.25) is 0 Å².